The Morgan fingerprint density at radius 1 is 0.947 bits per heavy atom. The molecule has 0 saturated carbocycles. The summed E-state index contributed by atoms with van der Waals surface area (Å²) in [5, 5.41) is 0.993. The largest absolute Gasteiger partial charge is 0.289 e. The summed E-state index contributed by atoms with van der Waals surface area (Å²) in [6, 6.07) is 19.1. The number of fused-ring (bicyclic) bond motifs is 1. The van der Waals surface area contributed by atoms with Gasteiger partial charge in [-0.25, -0.2) is 0 Å². The van der Waals surface area contributed by atoms with Crippen molar-refractivity contribution < 1.29 is 4.79 Å². The topological polar surface area (TPSA) is 30.0 Å². The molecule has 2 nitrogen and oxygen atoms in total. The van der Waals surface area contributed by atoms with Gasteiger partial charge in [0.15, 0.2) is 5.78 Å². The van der Waals surface area contributed by atoms with Crippen molar-refractivity contribution >= 4 is 16.7 Å². The maximum atomic E-state index is 12.5. The highest BCUT2D eigenvalue weighted by Gasteiger charge is 2.13. The van der Waals surface area contributed by atoms with Gasteiger partial charge in [0.2, 0.25) is 0 Å². The van der Waals surface area contributed by atoms with Crippen LogP contribution >= 0.6 is 0 Å². The van der Waals surface area contributed by atoms with Crippen LogP contribution in [0.4, 0.5) is 0 Å². The van der Waals surface area contributed by atoms with E-state index in [9.17, 15) is 4.79 Å². The monoisotopic (exact) mass is 247 g/mol. The SMILES string of the molecule is Cc1nc2ccccc2cc1C(=O)c1ccccc1. The Kier molecular flexibility index (Phi) is 2.84. The maximum Gasteiger partial charge on any atom is 0.194 e. The van der Waals surface area contributed by atoms with Crippen molar-refractivity contribution in [1.82, 2.24) is 4.98 Å². The van der Waals surface area contributed by atoms with E-state index >= 15 is 0 Å². The minimum atomic E-state index is 0.0244. The Morgan fingerprint density at radius 3 is 2.42 bits per heavy atom. The standard InChI is InChI=1S/C17H13NO/c1-12-15(17(19)13-7-3-2-4-8-13)11-14-9-5-6-10-16(14)18-12/h2-11H,1H3. The molecule has 3 aromatic rings. The number of aromatic nitrogens is 1. The molecule has 1 aromatic heterocycles. The summed E-state index contributed by atoms with van der Waals surface area (Å²) >= 11 is 0. The molecule has 0 radical (unpaired) electrons. The smallest absolute Gasteiger partial charge is 0.194 e. The summed E-state index contributed by atoms with van der Waals surface area (Å²) in [7, 11) is 0. The number of rotatable bonds is 2. The Bertz CT molecular complexity index is 748. The first-order valence-corrected chi connectivity index (χ1v) is 6.22. The minimum Gasteiger partial charge on any atom is -0.289 e. The highest BCUT2D eigenvalue weighted by molar-refractivity contribution is 6.11. The van der Waals surface area contributed by atoms with Crippen molar-refractivity contribution in [3.05, 3.63) is 77.5 Å². The number of carbonyl (C=O) groups excluding carboxylic acids is 1. The number of hydrogen-bond acceptors (Lipinski definition) is 2. The molecular weight excluding hydrogens is 234 g/mol. The van der Waals surface area contributed by atoms with E-state index in [1.54, 1.807) is 0 Å². The van der Waals surface area contributed by atoms with Gasteiger partial charge in [-0.3, -0.25) is 9.78 Å². The van der Waals surface area contributed by atoms with E-state index in [0.29, 0.717) is 11.1 Å². The van der Waals surface area contributed by atoms with Crippen LogP contribution in [0.25, 0.3) is 10.9 Å². The van der Waals surface area contributed by atoms with Crippen molar-refractivity contribution in [2.75, 3.05) is 0 Å². The molecule has 0 spiro atoms. The lowest BCUT2D eigenvalue weighted by Crippen LogP contribution is -2.05. The number of pyridine rings is 1. The predicted octanol–water partition coefficient (Wildman–Crippen LogP) is 3.77. The molecule has 2 aromatic carbocycles. The predicted molar refractivity (Wildman–Crippen MR) is 76.4 cm³/mol. The van der Waals surface area contributed by atoms with Gasteiger partial charge in [-0.15, -0.1) is 0 Å². The fourth-order valence-electron chi connectivity index (χ4n) is 2.19. The molecule has 92 valence electrons. The van der Waals surface area contributed by atoms with Crippen LogP contribution in [0.15, 0.2) is 60.7 Å². The van der Waals surface area contributed by atoms with E-state index in [2.05, 4.69) is 4.98 Å². The average molecular weight is 247 g/mol. The zero-order chi connectivity index (χ0) is 13.2. The van der Waals surface area contributed by atoms with Crippen LogP contribution in [0.3, 0.4) is 0 Å². The molecule has 0 amide bonds. The zero-order valence-corrected chi connectivity index (χ0v) is 10.6. The van der Waals surface area contributed by atoms with Crippen LogP contribution in [0.1, 0.15) is 21.6 Å². The summed E-state index contributed by atoms with van der Waals surface area (Å²) in [6.07, 6.45) is 0. The lowest BCUT2D eigenvalue weighted by Gasteiger charge is -2.06. The van der Waals surface area contributed by atoms with Crippen LogP contribution in [-0.4, -0.2) is 10.8 Å². The lowest BCUT2D eigenvalue weighted by atomic mass is 10.0. The number of nitrogens with zero attached hydrogens (tertiary/aromatic N) is 1. The van der Waals surface area contributed by atoms with E-state index in [-0.39, 0.29) is 5.78 Å². The first-order valence-electron chi connectivity index (χ1n) is 6.22. The zero-order valence-electron chi connectivity index (χ0n) is 10.6. The van der Waals surface area contributed by atoms with Gasteiger partial charge in [-0.05, 0) is 19.1 Å². The Hall–Kier alpha value is -2.48. The van der Waals surface area contributed by atoms with E-state index < -0.39 is 0 Å². The first-order chi connectivity index (χ1) is 9.25. The van der Waals surface area contributed by atoms with Gasteiger partial charge in [0, 0.05) is 22.2 Å². The van der Waals surface area contributed by atoms with Crippen molar-refractivity contribution in [3.8, 4) is 0 Å². The van der Waals surface area contributed by atoms with E-state index in [4.69, 9.17) is 0 Å². The Balaban J connectivity index is 2.15. The third-order valence-corrected chi connectivity index (χ3v) is 3.20. The van der Waals surface area contributed by atoms with Crippen molar-refractivity contribution in [2.45, 2.75) is 6.92 Å². The molecule has 1 heterocycles. The molecule has 0 aliphatic heterocycles. The molecule has 0 aliphatic rings. The van der Waals surface area contributed by atoms with Crippen LogP contribution in [-0.2, 0) is 0 Å². The summed E-state index contributed by atoms with van der Waals surface area (Å²) in [5.41, 5.74) is 3.06. The molecule has 3 rings (SSSR count). The van der Waals surface area contributed by atoms with Gasteiger partial charge in [0.25, 0.3) is 0 Å². The number of benzene rings is 2. The molecular formula is C17H13NO. The first kappa shape index (κ1) is 11.6. The molecule has 0 aliphatic carbocycles. The van der Waals surface area contributed by atoms with E-state index in [0.717, 1.165) is 16.6 Å². The molecule has 0 unspecified atom stereocenters. The number of para-hydroxylation sites is 1. The number of carbonyl (C=O) groups is 1. The number of aryl methyl sites for hydroxylation is 1. The average Bonchev–Trinajstić information content (AvgIpc) is 2.47. The summed E-state index contributed by atoms with van der Waals surface area (Å²) < 4.78 is 0. The Labute approximate surface area is 111 Å². The van der Waals surface area contributed by atoms with E-state index in [1.165, 1.54) is 0 Å². The van der Waals surface area contributed by atoms with Crippen molar-refractivity contribution in [2.24, 2.45) is 0 Å². The second kappa shape index (κ2) is 4.65. The Morgan fingerprint density at radius 2 is 1.63 bits per heavy atom. The van der Waals surface area contributed by atoms with Gasteiger partial charge < -0.3 is 0 Å². The molecule has 2 heteroatoms. The van der Waals surface area contributed by atoms with Gasteiger partial charge in [-0.2, -0.15) is 0 Å². The molecule has 0 saturated heterocycles. The molecule has 0 atom stereocenters. The number of hydrogen-bond donors (Lipinski definition) is 0. The summed E-state index contributed by atoms with van der Waals surface area (Å²) in [6.45, 7) is 1.88. The van der Waals surface area contributed by atoms with Gasteiger partial charge in [0.05, 0.1) is 5.52 Å². The summed E-state index contributed by atoms with van der Waals surface area (Å²) in [5.74, 6) is 0.0244. The summed E-state index contributed by atoms with van der Waals surface area (Å²) in [4.78, 5) is 17.0. The minimum absolute atomic E-state index is 0.0244. The van der Waals surface area contributed by atoms with Crippen LogP contribution < -0.4 is 0 Å². The second-order valence-electron chi connectivity index (χ2n) is 4.51. The lowest BCUT2D eigenvalue weighted by molar-refractivity contribution is 0.103. The molecule has 0 N–H and O–H groups in total. The molecule has 19 heavy (non-hydrogen) atoms. The second-order valence-corrected chi connectivity index (χ2v) is 4.51. The van der Waals surface area contributed by atoms with E-state index in [1.807, 2.05) is 67.6 Å². The number of ketones is 1. The van der Waals surface area contributed by atoms with Gasteiger partial charge >= 0.3 is 0 Å². The third kappa shape index (κ3) is 2.13. The molecule has 0 bridgehead atoms. The highest BCUT2D eigenvalue weighted by Crippen LogP contribution is 2.19. The van der Waals surface area contributed by atoms with Crippen molar-refractivity contribution in [1.29, 1.82) is 0 Å². The van der Waals surface area contributed by atoms with Gasteiger partial charge in [0.1, 0.15) is 0 Å². The maximum absolute atomic E-state index is 12.5. The quantitative estimate of drug-likeness (QED) is 0.645. The third-order valence-electron chi connectivity index (χ3n) is 3.20. The fraction of sp³-hybridized carbons (Fsp3) is 0.0588. The van der Waals surface area contributed by atoms with Crippen LogP contribution in [0, 0.1) is 6.92 Å². The van der Waals surface area contributed by atoms with Crippen LogP contribution in [0.5, 0.6) is 0 Å². The highest BCUT2D eigenvalue weighted by atomic mass is 16.1. The van der Waals surface area contributed by atoms with Crippen LogP contribution in [0.2, 0.25) is 0 Å². The fourth-order valence-corrected chi connectivity index (χ4v) is 2.19. The normalized spacial score (nSPS) is 10.6. The molecule has 0 fully saturated rings. The van der Waals surface area contributed by atoms with Gasteiger partial charge in [-0.1, -0.05) is 48.5 Å². The van der Waals surface area contributed by atoms with Crippen molar-refractivity contribution in [3.63, 3.8) is 0 Å².